The molecule has 0 bridgehead atoms. The molecule has 1 fully saturated rings. The summed E-state index contributed by atoms with van der Waals surface area (Å²) in [6.07, 6.45) is 3.97. The molecule has 1 aliphatic rings. The van der Waals surface area contributed by atoms with Crippen LogP contribution in [0.2, 0.25) is 0 Å². The molecule has 1 rings (SSSR count). The number of rotatable bonds is 4. The first kappa shape index (κ1) is 9.52. The Morgan fingerprint density at radius 1 is 1.58 bits per heavy atom. The van der Waals surface area contributed by atoms with Crippen LogP contribution in [0.5, 0.6) is 0 Å². The van der Waals surface area contributed by atoms with Crippen molar-refractivity contribution < 1.29 is 9.90 Å². The topological polar surface area (TPSA) is 40.5 Å². The van der Waals surface area contributed by atoms with Crippen molar-refractivity contribution in [2.75, 3.05) is 14.1 Å². The van der Waals surface area contributed by atoms with Crippen LogP contribution in [0.4, 0.5) is 0 Å². The van der Waals surface area contributed by atoms with Gasteiger partial charge in [-0.3, -0.25) is 4.79 Å². The van der Waals surface area contributed by atoms with Crippen LogP contribution in [0.15, 0.2) is 0 Å². The first-order chi connectivity index (χ1) is 5.61. The zero-order chi connectivity index (χ0) is 9.14. The maximum absolute atomic E-state index is 10.5. The lowest BCUT2D eigenvalue weighted by molar-refractivity contribution is -0.139. The molecule has 70 valence electrons. The standard InChI is InChI=1S/C9H17NO2/c1-10(2)8(6-9(11)12)7-4-3-5-7/h7-8H,3-6H2,1-2H3,(H,11,12). The highest BCUT2D eigenvalue weighted by Crippen LogP contribution is 2.32. The fourth-order valence-corrected chi connectivity index (χ4v) is 1.77. The minimum absolute atomic E-state index is 0.247. The molecule has 0 aromatic carbocycles. The van der Waals surface area contributed by atoms with Gasteiger partial charge in [-0.1, -0.05) is 6.42 Å². The van der Waals surface area contributed by atoms with Gasteiger partial charge in [0.2, 0.25) is 0 Å². The zero-order valence-electron chi connectivity index (χ0n) is 7.79. The monoisotopic (exact) mass is 171 g/mol. The Morgan fingerprint density at radius 3 is 2.42 bits per heavy atom. The molecule has 1 N–H and O–H groups in total. The van der Waals surface area contributed by atoms with Gasteiger partial charge in [0.05, 0.1) is 6.42 Å². The number of nitrogens with zero attached hydrogens (tertiary/aromatic N) is 1. The Labute approximate surface area is 73.4 Å². The molecule has 1 atom stereocenters. The second-order valence-corrected chi connectivity index (χ2v) is 3.82. The van der Waals surface area contributed by atoms with Crippen LogP contribution < -0.4 is 0 Å². The molecule has 0 saturated heterocycles. The summed E-state index contributed by atoms with van der Waals surface area (Å²) in [6, 6.07) is 0.247. The Hall–Kier alpha value is -0.570. The van der Waals surface area contributed by atoms with E-state index in [-0.39, 0.29) is 12.5 Å². The predicted molar refractivity (Wildman–Crippen MR) is 47.1 cm³/mol. The Kier molecular flexibility index (Phi) is 3.09. The van der Waals surface area contributed by atoms with Crippen molar-refractivity contribution in [3.05, 3.63) is 0 Å². The highest BCUT2D eigenvalue weighted by Gasteiger charge is 2.30. The summed E-state index contributed by atoms with van der Waals surface area (Å²) in [7, 11) is 3.93. The van der Waals surface area contributed by atoms with Crippen LogP contribution in [-0.4, -0.2) is 36.1 Å². The third-order valence-corrected chi connectivity index (χ3v) is 2.74. The van der Waals surface area contributed by atoms with Crippen LogP contribution in [0.3, 0.4) is 0 Å². The summed E-state index contributed by atoms with van der Waals surface area (Å²) in [5, 5.41) is 8.67. The second kappa shape index (κ2) is 3.90. The molecular formula is C9H17NO2. The van der Waals surface area contributed by atoms with Crippen molar-refractivity contribution in [3.63, 3.8) is 0 Å². The van der Waals surface area contributed by atoms with E-state index in [9.17, 15) is 4.79 Å². The minimum atomic E-state index is -0.680. The summed E-state index contributed by atoms with van der Waals surface area (Å²) >= 11 is 0. The van der Waals surface area contributed by atoms with Crippen molar-refractivity contribution >= 4 is 5.97 Å². The SMILES string of the molecule is CN(C)C(CC(=O)O)C1CCC1. The van der Waals surface area contributed by atoms with Crippen molar-refractivity contribution in [1.29, 1.82) is 0 Å². The zero-order valence-corrected chi connectivity index (χ0v) is 7.79. The third kappa shape index (κ3) is 2.21. The Morgan fingerprint density at radius 2 is 2.17 bits per heavy atom. The number of aliphatic carboxylic acids is 1. The van der Waals surface area contributed by atoms with Gasteiger partial charge in [0.25, 0.3) is 0 Å². The third-order valence-electron chi connectivity index (χ3n) is 2.74. The summed E-state index contributed by atoms with van der Waals surface area (Å²) in [5.41, 5.74) is 0. The number of carboxylic acid groups (broad SMARTS) is 1. The van der Waals surface area contributed by atoms with Gasteiger partial charge in [-0.2, -0.15) is 0 Å². The van der Waals surface area contributed by atoms with E-state index in [1.165, 1.54) is 19.3 Å². The number of carboxylic acids is 1. The molecule has 1 unspecified atom stereocenters. The van der Waals surface area contributed by atoms with Gasteiger partial charge in [-0.05, 0) is 32.9 Å². The smallest absolute Gasteiger partial charge is 0.304 e. The van der Waals surface area contributed by atoms with Crippen molar-refractivity contribution in [2.24, 2.45) is 5.92 Å². The maximum Gasteiger partial charge on any atom is 0.304 e. The maximum atomic E-state index is 10.5. The molecule has 0 amide bonds. The quantitative estimate of drug-likeness (QED) is 0.690. The van der Waals surface area contributed by atoms with Crippen LogP contribution in [0, 0.1) is 5.92 Å². The van der Waals surface area contributed by atoms with Gasteiger partial charge >= 0.3 is 5.97 Å². The molecule has 0 heterocycles. The number of hydrogen-bond donors (Lipinski definition) is 1. The van der Waals surface area contributed by atoms with E-state index in [1.54, 1.807) is 0 Å². The van der Waals surface area contributed by atoms with Gasteiger partial charge in [0.15, 0.2) is 0 Å². The molecule has 12 heavy (non-hydrogen) atoms. The van der Waals surface area contributed by atoms with E-state index in [0.717, 1.165) is 0 Å². The molecule has 0 aromatic heterocycles. The lowest BCUT2D eigenvalue weighted by Crippen LogP contribution is -2.40. The van der Waals surface area contributed by atoms with Gasteiger partial charge in [0.1, 0.15) is 0 Å². The molecule has 0 spiro atoms. The molecular weight excluding hydrogens is 154 g/mol. The van der Waals surface area contributed by atoms with E-state index in [2.05, 4.69) is 0 Å². The fraction of sp³-hybridized carbons (Fsp3) is 0.889. The molecule has 0 radical (unpaired) electrons. The summed E-state index contributed by atoms with van der Waals surface area (Å²) in [4.78, 5) is 12.6. The highest BCUT2D eigenvalue weighted by atomic mass is 16.4. The second-order valence-electron chi connectivity index (χ2n) is 3.82. The Bertz CT molecular complexity index is 164. The van der Waals surface area contributed by atoms with E-state index in [1.807, 2.05) is 19.0 Å². The summed E-state index contributed by atoms with van der Waals surface area (Å²) < 4.78 is 0. The molecule has 3 heteroatoms. The van der Waals surface area contributed by atoms with Crippen LogP contribution >= 0.6 is 0 Å². The normalized spacial score (nSPS) is 20.6. The Balaban J connectivity index is 2.42. The average molecular weight is 171 g/mol. The van der Waals surface area contributed by atoms with Gasteiger partial charge in [-0.15, -0.1) is 0 Å². The van der Waals surface area contributed by atoms with Crippen molar-refractivity contribution in [1.82, 2.24) is 4.90 Å². The summed E-state index contributed by atoms with van der Waals surface area (Å²) in [5.74, 6) is -0.0586. The van der Waals surface area contributed by atoms with E-state index < -0.39 is 5.97 Å². The first-order valence-electron chi connectivity index (χ1n) is 4.49. The first-order valence-corrected chi connectivity index (χ1v) is 4.49. The lowest BCUT2D eigenvalue weighted by atomic mass is 9.78. The molecule has 3 nitrogen and oxygen atoms in total. The van der Waals surface area contributed by atoms with Crippen molar-refractivity contribution in [3.8, 4) is 0 Å². The predicted octanol–water partition coefficient (Wildman–Crippen LogP) is 1.19. The van der Waals surface area contributed by atoms with Crippen molar-refractivity contribution in [2.45, 2.75) is 31.7 Å². The van der Waals surface area contributed by atoms with E-state index in [0.29, 0.717) is 5.92 Å². The van der Waals surface area contributed by atoms with Gasteiger partial charge in [-0.25, -0.2) is 0 Å². The van der Waals surface area contributed by atoms with Crippen LogP contribution in [-0.2, 0) is 4.79 Å². The molecule has 1 aliphatic carbocycles. The lowest BCUT2D eigenvalue weighted by Gasteiger charge is -2.36. The molecule has 0 aromatic rings. The number of hydrogen-bond acceptors (Lipinski definition) is 2. The minimum Gasteiger partial charge on any atom is -0.481 e. The van der Waals surface area contributed by atoms with Gasteiger partial charge in [0, 0.05) is 6.04 Å². The van der Waals surface area contributed by atoms with Crippen LogP contribution in [0.1, 0.15) is 25.7 Å². The van der Waals surface area contributed by atoms with E-state index >= 15 is 0 Å². The molecule has 1 saturated carbocycles. The van der Waals surface area contributed by atoms with Crippen LogP contribution in [0.25, 0.3) is 0 Å². The van der Waals surface area contributed by atoms with E-state index in [4.69, 9.17) is 5.11 Å². The largest absolute Gasteiger partial charge is 0.481 e. The van der Waals surface area contributed by atoms with Gasteiger partial charge < -0.3 is 10.0 Å². The fourth-order valence-electron chi connectivity index (χ4n) is 1.77. The average Bonchev–Trinajstić information content (AvgIpc) is 1.80. The highest BCUT2D eigenvalue weighted by molar-refractivity contribution is 5.67. The summed E-state index contributed by atoms with van der Waals surface area (Å²) in [6.45, 7) is 0. The molecule has 0 aliphatic heterocycles. The number of carbonyl (C=O) groups is 1.